The summed E-state index contributed by atoms with van der Waals surface area (Å²) in [7, 11) is 0. The molecule has 2 rings (SSSR count). The van der Waals surface area contributed by atoms with Crippen LogP contribution < -0.4 is 11.1 Å². The lowest BCUT2D eigenvalue weighted by Crippen LogP contribution is -2.49. The molecule has 5 nitrogen and oxygen atoms in total. The molecule has 0 aromatic heterocycles. The van der Waals surface area contributed by atoms with E-state index in [-0.39, 0.29) is 5.91 Å². The number of carbonyl (C=O) groups is 2. The maximum atomic E-state index is 12.6. The summed E-state index contributed by atoms with van der Waals surface area (Å²) in [5, 5.41) is 3.99. The largest absolute Gasteiger partial charge is 0.367 e. The number of rotatable bonds is 6. The van der Waals surface area contributed by atoms with Gasteiger partial charge in [-0.1, -0.05) is 43.1 Å². The molecular formula is C17H22Cl2N2O3. The standard InChI is InChI=1S/C17H22Cl2N2O3/c1-3-17(4-2,10-5-6-11(18)12(19)9-10)21-16(23)14-8-7-13(24-14)15(20)22/h5-6,9,13-14H,3-4,7-8H2,1-2H3,(H2,20,22)(H,21,23)/t13-,14+/m1/s1. The first-order valence-electron chi connectivity index (χ1n) is 8.05. The van der Waals surface area contributed by atoms with Crippen molar-refractivity contribution in [2.75, 3.05) is 0 Å². The zero-order valence-corrected chi connectivity index (χ0v) is 15.3. The molecule has 2 amide bonds. The Balaban J connectivity index is 2.20. The molecule has 0 spiro atoms. The quantitative estimate of drug-likeness (QED) is 0.804. The van der Waals surface area contributed by atoms with Gasteiger partial charge in [0.25, 0.3) is 0 Å². The van der Waals surface area contributed by atoms with Gasteiger partial charge in [0.15, 0.2) is 0 Å². The predicted octanol–water partition coefficient (Wildman–Crippen LogP) is 3.16. The third-order valence-corrected chi connectivity index (χ3v) is 5.41. The maximum Gasteiger partial charge on any atom is 0.249 e. The molecule has 132 valence electrons. The molecule has 1 aliphatic rings. The van der Waals surface area contributed by atoms with Gasteiger partial charge in [0.2, 0.25) is 11.8 Å². The monoisotopic (exact) mass is 372 g/mol. The number of amides is 2. The first-order chi connectivity index (χ1) is 11.3. The second kappa shape index (κ2) is 7.72. The summed E-state index contributed by atoms with van der Waals surface area (Å²) in [4.78, 5) is 23.8. The van der Waals surface area contributed by atoms with Gasteiger partial charge in [0.05, 0.1) is 15.6 Å². The first-order valence-corrected chi connectivity index (χ1v) is 8.81. The van der Waals surface area contributed by atoms with E-state index < -0.39 is 23.7 Å². The predicted molar refractivity (Wildman–Crippen MR) is 94.0 cm³/mol. The average Bonchev–Trinajstić information content (AvgIpc) is 3.05. The Kier molecular flexibility index (Phi) is 6.12. The molecule has 1 fully saturated rings. The van der Waals surface area contributed by atoms with Crippen LogP contribution in [0.1, 0.15) is 45.1 Å². The van der Waals surface area contributed by atoms with Crippen molar-refractivity contribution in [1.29, 1.82) is 0 Å². The zero-order chi connectivity index (χ0) is 17.9. The molecule has 2 atom stereocenters. The number of benzene rings is 1. The Labute approximate surface area is 151 Å². The minimum absolute atomic E-state index is 0.242. The summed E-state index contributed by atoms with van der Waals surface area (Å²) in [5.74, 6) is -0.777. The van der Waals surface area contributed by atoms with E-state index in [1.54, 1.807) is 12.1 Å². The lowest BCUT2D eigenvalue weighted by Gasteiger charge is -2.34. The van der Waals surface area contributed by atoms with E-state index in [0.717, 1.165) is 5.56 Å². The number of hydrogen-bond donors (Lipinski definition) is 2. The molecule has 0 aliphatic carbocycles. The summed E-state index contributed by atoms with van der Waals surface area (Å²) < 4.78 is 5.46. The minimum atomic E-state index is -0.691. The van der Waals surface area contributed by atoms with Gasteiger partial charge in [0, 0.05) is 0 Å². The number of nitrogens with one attached hydrogen (secondary N) is 1. The van der Waals surface area contributed by atoms with Gasteiger partial charge in [-0.25, -0.2) is 0 Å². The number of nitrogens with two attached hydrogens (primary N) is 1. The van der Waals surface area contributed by atoms with Crippen molar-refractivity contribution in [3.8, 4) is 0 Å². The highest BCUT2D eigenvalue weighted by molar-refractivity contribution is 6.42. The molecule has 7 heteroatoms. The molecule has 24 heavy (non-hydrogen) atoms. The molecule has 0 saturated carbocycles. The van der Waals surface area contributed by atoms with Crippen LogP contribution in [0.5, 0.6) is 0 Å². The van der Waals surface area contributed by atoms with Crippen LogP contribution in [0.25, 0.3) is 0 Å². The smallest absolute Gasteiger partial charge is 0.249 e. The summed E-state index contributed by atoms with van der Waals surface area (Å²) in [6, 6.07) is 5.36. The van der Waals surface area contributed by atoms with Gasteiger partial charge in [-0.15, -0.1) is 0 Å². The van der Waals surface area contributed by atoms with E-state index in [1.165, 1.54) is 0 Å². The minimum Gasteiger partial charge on any atom is -0.367 e. The molecule has 1 heterocycles. The van der Waals surface area contributed by atoms with Crippen molar-refractivity contribution in [2.24, 2.45) is 5.73 Å². The Bertz CT molecular complexity index is 632. The summed E-state index contributed by atoms with van der Waals surface area (Å²) >= 11 is 12.1. The molecule has 0 radical (unpaired) electrons. The Morgan fingerprint density at radius 3 is 2.33 bits per heavy atom. The van der Waals surface area contributed by atoms with Crippen LogP contribution in [-0.4, -0.2) is 24.0 Å². The summed E-state index contributed by atoms with van der Waals surface area (Å²) in [6.45, 7) is 3.99. The average molecular weight is 373 g/mol. The van der Waals surface area contributed by atoms with E-state index in [2.05, 4.69) is 5.32 Å². The fourth-order valence-electron chi connectivity index (χ4n) is 3.06. The second-order valence-electron chi connectivity index (χ2n) is 6.00. The number of ether oxygens (including phenoxy) is 1. The Hall–Kier alpha value is -1.30. The summed E-state index contributed by atoms with van der Waals surface area (Å²) in [6.07, 6.45) is 0.944. The number of halogens is 2. The van der Waals surface area contributed by atoms with Crippen LogP contribution in [0.15, 0.2) is 18.2 Å². The highest BCUT2D eigenvalue weighted by Crippen LogP contribution is 2.34. The van der Waals surface area contributed by atoms with Crippen LogP contribution in [0.4, 0.5) is 0 Å². The van der Waals surface area contributed by atoms with E-state index in [0.29, 0.717) is 35.7 Å². The SMILES string of the molecule is CCC(CC)(NC(=O)[C@@H]1CC[C@H](C(N)=O)O1)c1ccc(Cl)c(Cl)c1. The molecule has 1 aliphatic heterocycles. The van der Waals surface area contributed by atoms with Crippen molar-refractivity contribution in [1.82, 2.24) is 5.32 Å². The van der Waals surface area contributed by atoms with Gasteiger partial charge in [-0.3, -0.25) is 9.59 Å². The lowest BCUT2D eigenvalue weighted by molar-refractivity contribution is -0.139. The topological polar surface area (TPSA) is 81.4 Å². The van der Waals surface area contributed by atoms with Crippen molar-refractivity contribution in [2.45, 2.75) is 57.3 Å². The van der Waals surface area contributed by atoms with Crippen molar-refractivity contribution in [3.63, 3.8) is 0 Å². The number of carbonyl (C=O) groups excluding carboxylic acids is 2. The molecule has 1 saturated heterocycles. The molecule has 1 aromatic rings. The Morgan fingerprint density at radius 1 is 1.21 bits per heavy atom. The molecule has 1 aromatic carbocycles. The van der Waals surface area contributed by atoms with E-state index >= 15 is 0 Å². The highest BCUT2D eigenvalue weighted by Gasteiger charge is 2.38. The van der Waals surface area contributed by atoms with Gasteiger partial charge < -0.3 is 15.8 Å². The molecular weight excluding hydrogens is 351 g/mol. The second-order valence-corrected chi connectivity index (χ2v) is 6.81. The molecule has 3 N–H and O–H groups in total. The molecule has 0 bridgehead atoms. The van der Waals surface area contributed by atoms with Crippen molar-refractivity contribution < 1.29 is 14.3 Å². The van der Waals surface area contributed by atoms with Crippen LogP contribution in [0, 0.1) is 0 Å². The zero-order valence-electron chi connectivity index (χ0n) is 13.8. The maximum absolute atomic E-state index is 12.6. The van der Waals surface area contributed by atoms with Crippen molar-refractivity contribution in [3.05, 3.63) is 33.8 Å². The molecule has 0 unspecified atom stereocenters. The van der Waals surface area contributed by atoms with Crippen LogP contribution in [0.2, 0.25) is 10.0 Å². The summed E-state index contributed by atoms with van der Waals surface area (Å²) in [5.41, 5.74) is 5.56. The fraction of sp³-hybridized carbons (Fsp3) is 0.529. The van der Waals surface area contributed by atoms with E-state index in [4.69, 9.17) is 33.7 Å². The van der Waals surface area contributed by atoms with Crippen LogP contribution in [-0.2, 0) is 19.9 Å². The normalized spacial score (nSPS) is 20.8. The third kappa shape index (κ3) is 3.85. The fourth-order valence-corrected chi connectivity index (χ4v) is 3.35. The van der Waals surface area contributed by atoms with Gasteiger partial charge in [0.1, 0.15) is 12.2 Å². The first kappa shape index (κ1) is 19.0. The lowest BCUT2D eigenvalue weighted by atomic mass is 9.84. The van der Waals surface area contributed by atoms with Gasteiger partial charge in [-0.2, -0.15) is 0 Å². The van der Waals surface area contributed by atoms with Gasteiger partial charge >= 0.3 is 0 Å². The van der Waals surface area contributed by atoms with Crippen molar-refractivity contribution >= 4 is 35.0 Å². The van der Waals surface area contributed by atoms with Crippen LogP contribution >= 0.6 is 23.2 Å². The van der Waals surface area contributed by atoms with Crippen LogP contribution in [0.3, 0.4) is 0 Å². The number of hydrogen-bond acceptors (Lipinski definition) is 3. The van der Waals surface area contributed by atoms with Gasteiger partial charge in [-0.05, 0) is 43.4 Å². The Morgan fingerprint density at radius 2 is 1.83 bits per heavy atom. The third-order valence-electron chi connectivity index (χ3n) is 4.67. The van der Waals surface area contributed by atoms with E-state index in [1.807, 2.05) is 19.9 Å². The highest BCUT2D eigenvalue weighted by atomic mass is 35.5. The van der Waals surface area contributed by atoms with E-state index in [9.17, 15) is 9.59 Å². The number of primary amides is 1.